The highest BCUT2D eigenvalue weighted by Gasteiger charge is 2.25. The molecule has 1 saturated heterocycles. The summed E-state index contributed by atoms with van der Waals surface area (Å²) in [4.78, 5) is 14.9. The Balaban J connectivity index is 1.90. The van der Waals surface area contributed by atoms with Crippen LogP contribution in [0.25, 0.3) is 5.69 Å². The third-order valence-corrected chi connectivity index (χ3v) is 5.45. The van der Waals surface area contributed by atoms with Gasteiger partial charge < -0.3 is 14.8 Å². The number of halogens is 1. The van der Waals surface area contributed by atoms with Crippen molar-refractivity contribution < 1.29 is 4.79 Å². The summed E-state index contributed by atoms with van der Waals surface area (Å²) in [5.41, 5.74) is 3.96. The quantitative estimate of drug-likeness (QED) is 0.868. The summed E-state index contributed by atoms with van der Waals surface area (Å²) >= 11 is 3.47. The van der Waals surface area contributed by atoms with Crippen molar-refractivity contribution in [2.75, 3.05) is 20.1 Å². The second kappa shape index (κ2) is 7.11. The summed E-state index contributed by atoms with van der Waals surface area (Å²) < 4.78 is 3.20. The minimum Gasteiger partial charge on any atom is -0.339 e. The first-order valence-corrected chi connectivity index (χ1v) is 9.21. The molecule has 2 heterocycles. The molecule has 1 N–H and O–H groups in total. The summed E-state index contributed by atoms with van der Waals surface area (Å²) in [6.45, 7) is 6.05. The van der Waals surface area contributed by atoms with Gasteiger partial charge in [-0.05, 0) is 70.1 Å². The van der Waals surface area contributed by atoms with Crippen molar-refractivity contribution in [3.05, 3.63) is 51.8 Å². The molecule has 0 saturated carbocycles. The first kappa shape index (κ1) is 17.2. The molecule has 3 rings (SSSR count). The maximum atomic E-state index is 13.0. The van der Waals surface area contributed by atoms with Crippen molar-refractivity contribution >= 4 is 21.8 Å². The van der Waals surface area contributed by atoms with E-state index in [1.54, 1.807) is 0 Å². The number of piperidine rings is 1. The van der Waals surface area contributed by atoms with Crippen LogP contribution in [0.1, 0.15) is 34.6 Å². The van der Waals surface area contributed by atoms with E-state index in [4.69, 9.17) is 0 Å². The van der Waals surface area contributed by atoms with E-state index in [1.807, 2.05) is 37.1 Å². The molecule has 1 aliphatic rings. The first-order valence-electron chi connectivity index (χ1n) is 8.42. The predicted octanol–water partition coefficient (Wildman–Crippen LogP) is 3.68. The van der Waals surface area contributed by atoms with Crippen LogP contribution in [0.4, 0.5) is 0 Å². The lowest BCUT2D eigenvalue weighted by molar-refractivity contribution is 0.0702. The molecule has 128 valence electrons. The van der Waals surface area contributed by atoms with Gasteiger partial charge in [0, 0.05) is 34.6 Å². The Labute approximate surface area is 152 Å². The highest BCUT2D eigenvalue weighted by molar-refractivity contribution is 9.10. The number of hydrogen-bond donors (Lipinski definition) is 1. The minimum atomic E-state index is 0.123. The number of hydrogen-bond acceptors (Lipinski definition) is 2. The number of rotatable bonds is 3. The fraction of sp³-hybridized carbons (Fsp3) is 0.421. The van der Waals surface area contributed by atoms with Crippen molar-refractivity contribution in [2.45, 2.75) is 32.7 Å². The number of nitrogens with zero attached hydrogens (tertiary/aromatic N) is 2. The number of aryl methyl sites for hydroxylation is 1. The molecular formula is C19H24BrN3O. The van der Waals surface area contributed by atoms with E-state index < -0.39 is 0 Å². The number of carbonyl (C=O) groups excluding carboxylic acids is 1. The zero-order chi connectivity index (χ0) is 17.3. The molecule has 0 radical (unpaired) electrons. The van der Waals surface area contributed by atoms with E-state index in [0.717, 1.165) is 53.0 Å². The number of aromatic nitrogens is 1. The fourth-order valence-electron chi connectivity index (χ4n) is 3.52. The van der Waals surface area contributed by atoms with E-state index in [0.29, 0.717) is 6.04 Å². The summed E-state index contributed by atoms with van der Waals surface area (Å²) in [6, 6.07) is 10.5. The number of benzene rings is 1. The molecule has 0 unspecified atom stereocenters. The highest BCUT2D eigenvalue weighted by Crippen LogP contribution is 2.24. The number of nitrogens with one attached hydrogen (secondary N) is 1. The van der Waals surface area contributed by atoms with Crippen LogP contribution in [0.3, 0.4) is 0 Å². The van der Waals surface area contributed by atoms with Crippen LogP contribution in [0, 0.1) is 13.8 Å². The molecule has 4 nitrogen and oxygen atoms in total. The molecule has 1 aromatic heterocycles. The molecule has 1 aromatic carbocycles. The van der Waals surface area contributed by atoms with Crippen LogP contribution in [0.2, 0.25) is 0 Å². The van der Waals surface area contributed by atoms with Gasteiger partial charge in [0.25, 0.3) is 5.91 Å². The van der Waals surface area contributed by atoms with Crippen LogP contribution in [-0.2, 0) is 0 Å². The van der Waals surface area contributed by atoms with Gasteiger partial charge in [-0.15, -0.1) is 0 Å². The second-order valence-corrected chi connectivity index (χ2v) is 7.41. The predicted molar refractivity (Wildman–Crippen MR) is 101 cm³/mol. The molecule has 1 aliphatic heterocycles. The van der Waals surface area contributed by atoms with Gasteiger partial charge in [0.1, 0.15) is 0 Å². The maximum Gasteiger partial charge on any atom is 0.255 e. The highest BCUT2D eigenvalue weighted by atomic mass is 79.9. The molecular weight excluding hydrogens is 366 g/mol. The summed E-state index contributed by atoms with van der Waals surface area (Å²) in [5, 5.41) is 3.35. The van der Waals surface area contributed by atoms with Crippen molar-refractivity contribution in [2.24, 2.45) is 0 Å². The minimum absolute atomic E-state index is 0.123. The number of carbonyl (C=O) groups is 1. The van der Waals surface area contributed by atoms with Gasteiger partial charge in [-0.2, -0.15) is 0 Å². The van der Waals surface area contributed by atoms with Crippen LogP contribution >= 0.6 is 15.9 Å². The lowest BCUT2D eigenvalue weighted by Gasteiger charge is -2.31. The normalized spacial score (nSPS) is 15.5. The van der Waals surface area contributed by atoms with Gasteiger partial charge in [-0.25, -0.2) is 0 Å². The Morgan fingerprint density at radius 3 is 2.46 bits per heavy atom. The summed E-state index contributed by atoms with van der Waals surface area (Å²) in [7, 11) is 1.93. The van der Waals surface area contributed by atoms with E-state index in [-0.39, 0.29) is 5.91 Å². The Morgan fingerprint density at radius 1 is 1.21 bits per heavy atom. The Kier molecular flexibility index (Phi) is 5.11. The van der Waals surface area contributed by atoms with E-state index in [9.17, 15) is 4.79 Å². The topological polar surface area (TPSA) is 37.3 Å². The standard InChI is InChI=1S/C19H24BrN3O/c1-13-12-18(19(24)22(3)16-8-10-21-11-9-16)14(2)23(13)17-6-4-15(20)5-7-17/h4-7,12,16,21H,8-11H2,1-3H3. The molecule has 1 fully saturated rings. The summed E-state index contributed by atoms with van der Waals surface area (Å²) in [6.07, 6.45) is 2.04. The molecule has 0 aliphatic carbocycles. The third-order valence-electron chi connectivity index (χ3n) is 4.92. The van der Waals surface area contributed by atoms with Crippen LogP contribution < -0.4 is 5.32 Å². The van der Waals surface area contributed by atoms with E-state index in [1.165, 1.54) is 0 Å². The molecule has 5 heteroatoms. The average molecular weight is 390 g/mol. The summed E-state index contributed by atoms with van der Waals surface area (Å²) in [5.74, 6) is 0.123. The Bertz CT molecular complexity index is 730. The SMILES string of the molecule is Cc1cc(C(=O)N(C)C2CCNCC2)c(C)n1-c1ccc(Br)cc1. The molecule has 0 atom stereocenters. The lowest BCUT2D eigenvalue weighted by atomic mass is 10.0. The van der Waals surface area contributed by atoms with Crippen LogP contribution in [0.5, 0.6) is 0 Å². The van der Waals surface area contributed by atoms with Crippen molar-refractivity contribution in [3.63, 3.8) is 0 Å². The maximum absolute atomic E-state index is 13.0. The second-order valence-electron chi connectivity index (χ2n) is 6.49. The van der Waals surface area contributed by atoms with Crippen LogP contribution in [0.15, 0.2) is 34.8 Å². The zero-order valence-corrected chi connectivity index (χ0v) is 16.1. The van der Waals surface area contributed by atoms with Gasteiger partial charge in [0.05, 0.1) is 5.56 Å². The fourth-order valence-corrected chi connectivity index (χ4v) is 3.78. The monoisotopic (exact) mass is 389 g/mol. The first-order chi connectivity index (χ1) is 11.5. The number of amides is 1. The van der Waals surface area contributed by atoms with Crippen molar-refractivity contribution in [3.8, 4) is 5.69 Å². The molecule has 1 amide bonds. The zero-order valence-electron chi connectivity index (χ0n) is 14.5. The Hall–Kier alpha value is -1.59. The van der Waals surface area contributed by atoms with Gasteiger partial charge in [0.15, 0.2) is 0 Å². The smallest absolute Gasteiger partial charge is 0.255 e. The lowest BCUT2D eigenvalue weighted by Crippen LogP contribution is -2.44. The van der Waals surface area contributed by atoms with Crippen molar-refractivity contribution in [1.29, 1.82) is 0 Å². The average Bonchev–Trinajstić information content (AvgIpc) is 2.90. The van der Waals surface area contributed by atoms with E-state index in [2.05, 4.69) is 44.9 Å². The van der Waals surface area contributed by atoms with Gasteiger partial charge in [-0.3, -0.25) is 4.79 Å². The molecule has 0 spiro atoms. The molecule has 24 heavy (non-hydrogen) atoms. The molecule has 0 bridgehead atoms. The molecule has 2 aromatic rings. The van der Waals surface area contributed by atoms with E-state index >= 15 is 0 Å². The largest absolute Gasteiger partial charge is 0.339 e. The van der Waals surface area contributed by atoms with Gasteiger partial charge >= 0.3 is 0 Å². The van der Waals surface area contributed by atoms with Crippen molar-refractivity contribution in [1.82, 2.24) is 14.8 Å². The van der Waals surface area contributed by atoms with Gasteiger partial charge in [0.2, 0.25) is 0 Å². The Morgan fingerprint density at radius 2 is 1.83 bits per heavy atom. The third kappa shape index (κ3) is 3.28. The van der Waals surface area contributed by atoms with Crippen LogP contribution in [-0.4, -0.2) is 41.6 Å². The van der Waals surface area contributed by atoms with Gasteiger partial charge in [-0.1, -0.05) is 15.9 Å².